The van der Waals surface area contributed by atoms with E-state index in [0.717, 1.165) is 0 Å². The van der Waals surface area contributed by atoms with E-state index in [-0.39, 0.29) is 11.4 Å². The van der Waals surface area contributed by atoms with Gasteiger partial charge in [0, 0.05) is 0 Å². The SMILES string of the molecule is COc1ccc(-c2c(N)[nH][nH]c2=O)cc1Cl. The molecule has 1 aromatic carbocycles. The molecule has 0 saturated carbocycles. The molecule has 0 atom stereocenters. The molecular formula is C10H10ClN3O2. The lowest BCUT2D eigenvalue weighted by atomic mass is 10.1. The van der Waals surface area contributed by atoms with Crippen molar-refractivity contribution >= 4 is 17.4 Å². The third kappa shape index (κ3) is 1.65. The first kappa shape index (κ1) is 10.6. The maximum absolute atomic E-state index is 11.5. The molecule has 2 aromatic rings. The lowest BCUT2D eigenvalue weighted by Gasteiger charge is -2.04. The Kier molecular flexibility index (Phi) is 2.62. The van der Waals surface area contributed by atoms with Crippen molar-refractivity contribution in [2.75, 3.05) is 12.8 Å². The molecule has 0 saturated heterocycles. The first-order valence-corrected chi connectivity index (χ1v) is 4.91. The van der Waals surface area contributed by atoms with Crippen molar-refractivity contribution in [2.24, 2.45) is 0 Å². The third-order valence-corrected chi connectivity index (χ3v) is 2.54. The number of aromatic nitrogens is 2. The van der Waals surface area contributed by atoms with Crippen LogP contribution in [0, 0.1) is 0 Å². The van der Waals surface area contributed by atoms with Crippen LogP contribution in [-0.4, -0.2) is 17.3 Å². The summed E-state index contributed by atoms with van der Waals surface area (Å²) in [6, 6.07) is 5.04. The van der Waals surface area contributed by atoms with Gasteiger partial charge in [-0.1, -0.05) is 17.7 Å². The number of H-pyrrole nitrogens is 2. The summed E-state index contributed by atoms with van der Waals surface area (Å²) in [7, 11) is 1.53. The van der Waals surface area contributed by atoms with Gasteiger partial charge in [0.05, 0.1) is 17.7 Å². The van der Waals surface area contributed by atoms with Crippen LogP contribution in [0.5, 0.6) is 5.75 Å². The van der Waals surface area contributed by atoms with E-state index in [1.807, 2.05) is 0 Å². The second-order valence-electron chi connectivity index (χ2n) is 3.22. The van der Waals surface area contributed by atoms with Gasteiger partial charge in [-0.2, -0.15) is 0 Å². The van der Waals surface area contributed by atoms with Gasteiger partial charge < -0.3 is 10.5 Å². The lowest BCUT2D eigenvalue weighted by Crippen LogP contribution is -2.02. The van der Waals surface area contributed by atoms with E-state index in [1.165, 1.54) is 7.11 Å². The Morgan fingerprint density at radius 2 is 2.12 bits per heavy atom. The Bertz CT molecular complexity index is 574. The number of ether oxygens (including phenoxy) is 1. The number of methoxy groups -OCH3 is 1. The molecule has 84 valence electrons. The van der Waals surface area contributed by atoms with E-state index in [0.29, 0.717) is 21.9 Å². The number of benzene rings is 1. The molecule has 6 heteroatoms. The fourth-order valence-electron chi connectivity index (χ4n) is 1.48. The highest BCUT2D eigenvalue weighted by Crippen LogP contribution is 2.30. The molecule has 4 N–H and O–H groups in total. The van der Waals surface area contributed by atoms with Crippen LogP contribution < -0.4 is 16.0 Å². The predicted molar refractivity (Wildman–Crippen MR) is 62.8 cm³/mol. The Morgan fingerprint density at radius 1 is 1.38 bits per heavy atom. The number of nitrogen functional groups attached to an aromatic ring is 1. The maximum Gasteiger partial charge on any atom is 0.273 e. The van der Waals surface area contributed by atoms with Gasteiger partial charge in [0.15, 0.2) is 0 Å². The van der Waals surface area contributed by atoms with Crippen molar-refractivity contribution in [2.45, 2.75) is 0 Å². The Labute approximate surface area is 96.2 Å². The van der Waals surface area contributed by atoms with Crippen molar-refractivity contribution in [3.8, 4) is 16.9 Å². The molecule has 0 fully saturated rings. The van der Waals surface area contributed by atoms with Gasteiger partial charge in [0.2, 0.25) is 0 Å². The summed E-state index contributed by atoms with van der Waals surface area (Å²) in [5.74, 6) is 0.835. The first-order chi connectivity index (χ1) is 7.63. The van der Waals surface area contributed by atoms with Crippen LogP contribution >= 0.6 is 11.6 Å². The summed E-state index contributed by atoms with van der Waals surface area (Å²) >= 11 is 5.96. The Hall–Kier alpha value is -1.88. The highest BCUT2D eigenvalue weighted by molar-refractivity contribution is 6.32. The summed E-state index contributed by atoms with van der Waals surface area (Å²) in [5.41, 5.74) is 6.38. The maximum atomic E-state index is 11.5. The standard InChI is InChI=1S/C10H10ClN3O2/c1-16-7-3-2-5(4-6(7)11)8-9(12)13-14-10(8)15/h2-4H,1H3,(H4,12,13,14,15). The zero-order valence-corrected chi connectivity index (χ0v) is 9.26. The van der Waals surface area contributed by atoms with Gasteiger partial charge in [-0.25, -0.2) is 0 Å². The molecule has 0 unspecified atom stereocenters. The smallest absolute Gasteiger partial charge is 0.273 e. The molecule has 5 nitrogen and oxygen atoms in total. The van der Waals surface area contributed by atoms with Crippen LogP contribution in [0.2, 0.25) is 5.02 Å². The van der Waals surface area contributed by atoms with Crippen molar-refractivity contribution < 1.29 is 4.74 Å². The number of hydrogen-bond donors (Lipinski definition) is 3. The van der Waals surface area contributed by atoms with Crippen LogP contribution in [-0.2, 0) is 0 Å². The van der Waals surface area contributed by atoms with Crippen LogP contribution in [0.1, 0.15) is 0 Å². The second-order valence-corrected chi connectivity index (χ2v) is 3.62. The van der Waals surface area contributed by atoms with Crippen LogP contribution in [0.25, 0.3) is 11.1 Å². The fraction of sp³-hybridized carbons (Fsp3) is 0.100. The zero-order chi connectivity index (χ0) is 11.7. The molecular weight excluding hydrogens is 230 g/mol. The minimum absolute atomic E-state index is 0.279. The minimum Gasteiger partial charge on any atom is -0.495 e. The summed E-state index contributed by atoms with van der Waals surface area (Å²) in [4.78, 5) is 11.5. The fourth-order valence-corrected chi connectivity index (χ4v) is 1.74. The van der Waals surface area contributed by atoms with Gasteiger partial charge in [0.1, 0.15) is 11.6 Å². The van der Waals surface area contributed by atoms with Gasteiger partial charge in [-0.3, -0.25) is 15.0 Å². The summed E-state index contributed by atoms with van der Waals surface area (Å²) in [6.45, 7) is 0. The Morgan fingerprint density at radius 3 is 2.62 bits per heavy atom. The minimum atomic E-state index is -0.279. The number of aromatic amines is 2. The van der Waals surface area contributed by atoms with E-state index in [4.69, 9.17) is 22.1 Å². The number of anilines is 1. The monoisotopic (exact) mass is 239 g/mol. The van der Waals surface area contributed by atoms with Gasteiger partial charge in [0.25, 0.3) is 5.56 Å². The third-order valence-electron chi connectivity index (χ3n) is 2.25. The highest BCUT2D eigenvalue weighted by atomic mass is 35.5. The largest absolute Gasteiger partial charge is 0.495 e. The molecule has 0 aliphatic carbocycles. The normalized spacial score (nSPS) is 10.4. The van der Waals surface area contributed by atoms with E-state index < -0.39 is 0 Å². The summed E-state index contributed by atoms with van der Waals surface area (Å²) in [6.07, 6.45) is 0. The number of halogens is 1. The number of nitrogens with one attached hydrogen (secondary N) is 2. The predicted octanol–water partition coefficient (Wildman–Crippen LogP) is 1.61. The van der Waals surface area contributed by atoms with E-state index in [2.05, 4.69) is 10.2 Å². The molecule has 2 rings (SSSR count). The Balaban J connectivity index is 2.58. The number of hydrogen-bond acceptors (Lipinski definition) is 3. The van der Waals surface area contributed by atoms with Gasteiger partial charge >= 0.3 is 0 Å². The topological polar surface area (TPSA) is 83.9 Å². The van der Waals surface area contributed by atoms with E-state index in [1.54, 1.807) is 18.2 Å². The lowest BCUT2D eigenvalue weighted by molar-refractivity contribution is 0.415. The quantitative estimate of drug-likeness (QED) is 0.745. The molecule has 16 heavy (non-hydrogen) atoms. The molecule has 0 amide bonds. The van der Waals surface area contributed by atoms with Gasteiger partial charge in [-0.05, 0) is 17.7 Å². The first-order valence-electron chi connectivity index (χ1n) is 4.53. The van der Waals surface area contributed by atoms with Crippen LogP contribution in [0.3, 0.4) is 0 Å². The summed E-state index contributed by atoms with van der Waals surface area (Å²) in [5, 5.41) is 5.38. The van der Waals surface area contributed by atoms with Crippen molar-refractivity contribution in [3.63, 3.8) is 0 Å². The molecule has 1 aromatic heterocycles. The van der Waals surface area contributed by atoms with Gasteiger partial charge in [-0.15, -0.1) is 0 Å². The number of nitrogens with two attached hydrogens (primary N) is 1. The molecule has 0 aliphatic heterocycles. The highest BCUT2D eigenvalue weighted by Gasteiger charge is 2.11. The number of rotatable bonds is 2. The average molecular weight is 240 g/mol. The van der Waals surface area contributed by atoms with E-state index >= 15 is 0 Å². The molecule has 0 aliphatic rings. The average Bonchev–Trinajstić information content (AvgIpc) is 2.58. The van der Waals surface area contributed by atoms with Crippen LogP contribution in [0.4, 0.5) is 5.82 Å². The van der Waals surface area contributed by atoms with Crippen molar-refractivity contribution in [1.82, 2.24) is 10.2 Å². The summed E-state index contributed by atoms with van der Waals surface area (Å²) < 4.78 is 5.02. The molecule has 1 heterocycles. The molecule has 0 radical (unpaired) electrons. The van der Waals surface area contributed by atoms with Crippen molar-refractivity contribution in [3.05, 3.63) is 33.6 Å². The zero-order valence-electron chi connectivity index (χ0n) is 8.50. The van der Waals surface area contributed by atoms with E-state index in [9.17, 15) is 4.79 Å². The van der Waals surface area contributed by atoms with Crippen molar-refractivity contribution in [1.29, 1.82) is 0 Å². The molecule has 0 bridgehead atoms. The van der Waals surface area contributed by atoms with Crippen LogP contribution in [0.15, 0.2) is 23.0 Å². The molecule has 0 spiro atoms. The second kappa shape index (κ2) is 3.94.